The first-order valence-electron chi connectivity index (χ1n) is 13.7. The van der Waals surface area contributed by atoms with E-state index in [1.807, 2.05) is 6.92 Å². The lowest BCUT2D eigenvalue weighted by Crippen LogP contribution is -2.50. The zero-order valence-corrected chi connectivity index (χ0v) is 22.3. The number of benzene rings is 1. The van der Waals surface area contributed by atoms with Crippen LogP contribution in [0.15, 0.2) is 30.3 Å². The van der Waals surface area contributed by atoms with Crippen LogP contribution >= 0.6 is 0 Å². The van der Waals surface area contributed by atoms with E-state index < -0.39 is 5.09 Å². The van der Waals surface area contributed by atoms with Gasteiger partial charge in [-0.1, -0.05) is 127 Å². The molecule has 0 aliphatic rings. The Morgan fingerprint density at radius 3 is 1.47 bits per heavy atom. The minimum Gasteiger partial charge on any atom is -0.356 e. The molecule has 0 aliphatic heterocycles. The van der Waals surface area contributed by atoms with E-state index in [0.717, 1.165) is 17.6 Å². The fourth-order valence-corrected chi connectivity index (χ4v) is 4.42. The monoisotopic (exact) mass is 480 g/mol. The van der Waals surface area contributed by atoms with E-state index in [9.17, 15) is 5.11 Å². The zero-order valence-electron chi connectivity index (χ0n) is 22.3. The molecule has 1 rings (SSSR count). The third-order valence-corrected chi connectivity index (χ3v) is 6.81. The van der Waals surface area contributed by atoms with Crippen LogP contribution in [0.5, 0.6) is 0 Å². The van der Waals surface area contributed by atoms with Crippen LogP contribution in [0.3, 0.4) is 0 Å². The van der Waals surface area contributed by atoms with Crippen molar-refractivity contribution in [2.75, 3.05) is 13.6 Å². The molecular weight excluding hydrogens is 428 g/mol. The van der Waals surface area contributed by atoms with Gasteiger partial charge in [0.25, 0.3) is 0 Å². The molecule has 0 saturated carbocycles. The molecule has 34 heavy (non-hydrogen) atoms. The molecule has 0 amide bonds. The minimum absolute atomic E-state index is 0.318. The third kappa shape index (κ3) is 19.8. The topological polar surface area (TPSA) is 86.4 Å². The Balaban J connectivity index is 0.00000251. The lowest BCUT2D eigenvalue weighted by atomic mass is 10.0. The van der Waals surface area contributed by atoms with Gasteiger partial charge in [-0.2, -0.15) is 0 Å². The molecule has 0 aromatic heterocycles. The molecule has 1 aromatic carbocycles. The molecule has 0 fully saturated rings. The average molecular weight is 481 g/mol. The molecule has 0 aliphatic carbocycles. The van der Waals surface area contributed by atoms with Crippen LogP contribution in [0.2, 0.25) is 0 Å². The Kier molecular flexibility index (Phi) is 20.8. The molecule has 0 spiro atoms. The standard InChI is InChI=1S/C28H52NO.NO3/c1-4-5-6-7-8-9-10-11-12-13-14-15-16-17-18-22-25-29(3,27(2)30)26-28-23-20-19-21-24-28;2-1(3)4/h19-21,23-24,27,30H,4-18,22,25-26H2,1-3H3;/q+1;-1. The summed E-state index contributed by atoms with van der Waals surface area (Å²) in [6.07, 6.45) is 22.1. The number of quaternary nitrogens is 1. The van der Waals surface area contributed by atoms with Gasteiger partial charge in [-0.05, 0) is 12.8 Å². The summed E-state index contributed by atoms with van der Waals surface area (Å²) in [7, 11) is 2.20. The maximum Gasteiger partial charge on any atom is 0.187 e. The van der Waals surface area contributed by atoms with Crippen LogP contribution in [0.25, 0.3) is 0 Å². The van der Waals surface area contributed by atoms with Crippen LogP contribution in [0.4, 0.5) is 0 Å². The second-order valence-electron chi connectivity index (χ2n) is 10.0. The molecule has 6 heteroatoms. The first-order valence-corrected chi connectivity index (χ1v) is 13.7. The summed E-state index contributed by atoms with van der Waals surface area (Å²) in [6, 6.07) is 10.6. The molecule has 2 atom stereocenters. The van der Waals surface area contributed by atoms with Crippen LogP contribution in [-0.4, -0.2) is 34.5 Å². The zero-order chi connectivity index (χ0) is 25.5. The first-order chi connectivity index (χ1) is 16.3. The number of hydrogen-bond acceptors (Lipinski definition) is 4. The molecule has 198 valence electrons. The molecule has 0 saturated heterocycles. The number of aliphatic hydroxyl groups excluding tert-OH is 1. The quantitative estimate of drug-likeness (QED) is 0.0673. The predicted octanol–water partition coefficient (Wildman–Crippen LogP) is 7.99. The van der Waals surface area contributed by atoms with Crippen molar-refractivity contribution in [2.45, 2.75) is 129 Å². The highest BCUT2D eigenvalue weighted by molar-refractivity contribution is 5.13. The number of hydrogen-bond donors (Lipinski definition) is 1. The van der Waals surface area contributed by atoms with Crippen molar-refractivity contribution in [3.63, 3.8) is 0 Å². The van der Waals surface area contributed by atoms with E-state index in [0.29, 0.717) is 0 Å². The van der Waals surface area contributed by atoms with Gasteiger partial charge >= 0.3 is 0 Å². The average Bonchev–Trinajstić information content (AvgIpc) is 2.79. The number of aliphatic hydroxyl groups is 1. The van der Waals surface area contributed by atoms with Crippen molar-refractivity contribution in [3.8, 4) is 0 Å². The highest BCUT2D eigenvalue weighted by Crippen LogP contribution is 2.18. The van der Waals surface area contributed by atoms with E-state index in [2.05, 4.69) is 44.3 Å². The van der Waals surface area contributed by atoms with Crippen LogP contribution in [0, 0.1) is 15.3 Å². The van der Waals surface area contributed by atoms with Gasteiger partial charge in [0.05, 0.1) is 18.7 Å². The van der Waals surface area contributed by atoms with Gasteiger partial charge in [0, 0.05) is 12.5 Å². The number of nitrogens with zero attached hydrogens (tertiary/aromatic N) is 2. The fourth-order valence-electron chi connectivity index (χ4n) is 4.42. The predicted molar refractivity (Wildman–Crippen MR) is 143 cm³/mol. The molecule has 0 heterocycles. The summed E-state index contributed by atoms with van der Waals surface area (Å²) < 4.78 is 0.725. The largest absolute Gasteiger partial charge is 0.356 e. The first kappa shape index (κ1) is 32.3. The van der Waals surface area contributed by atoms with Crippen molar-refractivity contribution < 1.29 is 14.7 Å². The minimum atomic E-state index is -1.75. The lowest BCUT2D eigenvalue weighted by Gasteiger charge is -2.37. The Bertz CT molecular complexity index is 579. The highest BCUT2D eigenvalue weighted by atomic mass is 16.9. The van der Waals surface area contributed by atoms with Crippen molar-refractivity contribution >= 4 is 0 Å². The molecule has 1 N–H and O–H groups in total. The van der Waals surface area contributed by atoms with E-state index in [1.54, 1.807) is 0 Å². The number of unbranched alkanes of at least 4 members (excludes halogenated alkanes) is 15. The summed E-state index contributed by atoms with van der Waals surface area (Å²) in [5.74, 6) is 0. The number of rotatable bonds is 20. The Morgan fingerprint density at radius 2 is 1.12 bits per heavy atom. The van der Waals surface area contributed by atoms with Gasteiger partial charge in [-0.25, -0.2) is 0 Å². The maximum absolute atomic E-state index is 10.3. The lowest BCUT2D eigenvalue weighted by molar-refractivity contribution is -0.964. The van der Waals surface area contributed by atoms with Crippen LogP contribution in [-0.2, 0) is 6.54 Å². The second kappa shape index (κ2) is 21.8. The fraction of sp³-hybridized carbons (Fsp3) is 0.786. The molecule has 6 nitrogen and oxygen atoms in total. The Labute approximate surface area is 209 Å². The molecule has 0 bridgehead atoms. The molecule has 2 unspecified atom stereocenters. The van der Waals surface area contributed by atoms with Gasteiger partial charge in [0.2, 0.25) is 0 Å². The van der Waals surface area contributed by atoms with Gasteiger partial charge in [-0.3, -0.25) is 4.48 Å². The summed E-state index contributed by atoms with van der Waals surface area (Å²) in [5, 5.41) is 25.1. The maximum atomic E-state index is 10.3. The van der Waals surface area contributed by atoms with E-state index in [1.165, 1.54) is 108 Å². The van der Waals surface area contributed by atoms with Crippen LogP contribution < -0.4 is 0 Å². The van der Waals surface area contributed by atoms with E-state index in [4.69, 9.17) is 15.3 Å². The van der Waals surface area contributed by atoms with Crippen molar-refractivity contribution in [1.82, 2.24) is 0 Å². The normalized spacial score (nSPS) is 13.5. The summed E-state index contributed by atoms with van der Waals surface area (Å²) in [5.41, 5.74) is 1.32. The van der Waals surface area contributed by atoms with E-state index in [-0.39, 0.29) is 6.23 Å². The van der Waals surface area contributed by atoms with Crippen molar-refractivity contribution in [2.24, 2.45) is 0 Å². The van der Waals surface area contributed by atoms with Crippen molar-refractivity contribution in [3.05, 3.63) is 51.2 Å². The van der Waals surface area contributed by atoms with Gasteiger partial charge in [-0.15, -0.1) is 0 Å². The van der Waals surface area contributed by atoms with Crippen molar-refractivity contribution in [1.29, 1.82) is 0 Å². The van der Waals surface area contributed by atoms with Crippen LogP contribution in [0.1, 0.15) is 122 Å². The Morgan fingerprint density at radius 1 is 0.765 bits per heavy atom. The van der Waals surface area contributed by atoms with Gasteiger partial charge in [0.1, 0.15) is 6.54 Å². The smallest absolute Gasteiger partial charge is 0.187 e. The molecular formula is C28H52N2O4. The van der Waals surface area contributed by atoms with Gasteiger partial charge in [0.15, 0.2) is 6.23 Å². The summed E-state index contributed by atoms with van der Waals surface area (Å²) in [4.78, 5) is 8.25. The van der Waals surface area contributed by atoms with Gasteiger partial charge < -0.3 is 20.4 Å². The van der Waals surface area contributed by atoms with E-state index >= 15 is 0 Å². The third-order valence-electron chi connectivity index (χ3n) is 6.81. The Hall–Kier alpha value is -1.66. The summed E-state index contributed by atoms with van der Waals surface area (Å²) in [6.45, 7) is 6.21. The molecule has 1 aromatic rings. The highest BCUT2D eigenvalue weighted by Gasteiger charge is 2.27. The second-order valence-corrected chi connectivity index (χ2v) is 10.0. The SMILES string of the molecule is CCCCCCCCCCCCCCCCCC[N+](C)(Cc1ccccc1)C(C)O.O=[N+]([O-])[O-]. The summed E-state index contributed by atoms with van der Waals surface area (Å²) >= 11 is 0. The molecule has 0 radical (unpaired) electrons.